The number of hydrogen-bond donors (Lipinski definition) is 1. The van der Waals surface area contributed by atoms with Gasteiger partial charge in [-0.3, -0.25) is 0 Å². The molecule has 0 aliphatic heterocycles. The summed E-state index contributed by atoms with van der Waals surface area (Å²) < 4.78 is 0.502. The first-order valence-corrected chi connectivity index (χ1v) is 6.39. The van der Waals surface area contributed by atoms with Crippen molar-refractivity contribution in [3.05, 3.63) is 29.3 Å². The molecule has 1 aromatic carbocycles. The molecule has 0 bridgehead atoms. The summed E-state index contributed by atoms with van der Waals surface area (Å²) in [5.41, 5.74) is 1.12. The monoisotopic (exact) mass is 227 g/mol. The fraction of sp³-hybridized carbons (Fsp3) is 0.455. The summed E-state index contributed by atoms with van der Waals surface area (Å²) in [4.78, 5) is 0. The first-order valence-electron chi connectivity index (χ1n) is 4.79. The Morgan fingerprint density at radius 1 is 1.50 bits per heavy atom. The molecule has 1 aromatic rings. The minimum atomic E-state index is 0.502. The van der Waals surface area contributed by atoms with Crippen LogP contribution in [-0.2, 0) is 0 Å². The highest BCUT2D eigenvalue weighted by molar-refractivity contribution is 8.00. The predicted molar refractivity (Wildman–Crippen MR) is 65.4 cm³/mol. The number of thioether (sulfide) groups is 1. The third-order valence-corrected chi connectivity index (χ3v) is 4.33. The van der Waals surface area contributed by atoms with Gasteiger partial charge in [-0.25, -0.2) is 0 Å². The second-order valence-corrected chi connectivity index (χ2v) is 5.46. The van der Waals surface area contributed by atoms with Gasteiger partial charge in [0.1, 0.15) is 0 Å². The van der Waals surface area contributed by atoms with Gasteiger partial charge in [0.25, 0.3) is 0 Å². The predicted octanol–water partition coefficient (Wildman–Crippen LogP) is 3.65. The van der Waals surface area contributed by atoms with Gasteiger partial charge in [-0.15, -0.1) is 0 Å². The average Bonchev–Trinajstić information content (AvgIpc) is 2.96. The third kappa shape index (κ3) is 2.37. The lowest BCUT2D eigenvalue weighted by Gasteiger charge is -2.14. The molecule has 1 aliphatic rings. The van der Waals surface area contributed by atoms with E-state index in [0.717, 1.165) is 17.3 Å². The van der Waals surface area contributed by atoms with Crippen molar-refractivity contribution in [3.8, 4) is 0 Å². The van der Waals surface area contributed by atoms with Gasteiger partial charge in [-0.2, -0.15) is 11.8 Å². The van der Waals surface area contributed by atoms with Gasteiger partial charge in [0.15, 0.2) is 0 Å². The minimum absolute atomic E-state index is 0.502. The summed E-state index contributed by atoms with van der Waals surface area (Å²) in [5.74, 6) is 0. The van der Waals surface area contributed by atoms with Crippen molar-refractivity contribution in [2.75, 3.05) is 18.1 Å². The maximum absolute atomic E-state index is 5.90. The summed E-state index contributed by atoms with van der Waals surface area (Å²) in [7, 11) is 0. The molecule has 1 nitrogen and oxygen atoms in total. The largest absolute Gasteiger partial charge is 0.384 e. The molecule has 0 unspecified atom stereocenters. The van der Waals surface area contributed by atoms with Crippen LogP contribution in [-0.4, -0.2) is 17.5 Å². The van der Waals surface area contributed by atoms with Crippen LogP contribution in [0.4, 0.5) is 5.69 Å². The molecule has 0 aromatic heterocycles. The Kier molecular flexibility index (Phi) is 2.93. The Balaban J connectivity index is 1.92. The number of rotatable bonds is 4. The molecule has 1 N–H and O–H groups in total. The zero-order valence-corrected chi connectivity index (χ0v) is 9.79. The Labute approximate surface area is 94.2 Å². The van der Waals surface area contributed by atoms with Crippen LogP contribution in [0.5, 0.6) is 0 Å². The van der Waals surface area contributed by atoms with E-state index in [1.54, 1.807) is 0 Å². The molecule has 14 heavy (non-hydrogen) atoms. The van der Waals surface area contributed by atoms with Crippen LogP contribution in [0.2, 0.25) is 5.02 Å². The van der Waals surface area contributed by atoms with Crippen LogP contribution in [0.3, 0.4) is 0 Å². The average molecular weight is 228 g/mol. The van der Waals surface area contributed by atoms with Gasteiger partial charge >= 0.3 is 0 Å². The molecule has 0 heterocycles. The van der Waals surface area contributed by atoms with E-state index in [0.29, 0.717) is 4.75 Å². The summed E-state index contributed by atoms with van der Waals surface area (Å²) in [6, 6.07) is 7.90. The lowest BCUT2D eigenvalue weighted by Crippen LogP contribution is -2.17. The Morgan fingerprint density at radius 3 is 2.86 bits per heavy atom. The van der Waals surface area contributed by atoms with Crippen molar-refractivity contribution in [3.63, 3.8) is 0 Å². The molecular weight excluding hydrogens is 214 g/mol. The number of halogens is 1. The smallest absolute Gasteiger partial charge is 0.0426 e. The van der Waals surface area contributed by atoms with E-state index in [1.165, 1.54) is 12.8 Å². The van der Waals surface area contributed by atoms with Crippen molar-refractivity contribution in [1.82, 2.24) is 0 Å². The Bertz CT molecular complexity index is 323. The van der Waals surface area contributed by atoms with Crippen LogP contribution in [0, 0.1) is 0 Å². The fourth-order valence-electron chi connectivity index (χ4n) is 1.45. The van der Waals surface area contributed by atoms with E-state index in [9.17, 15) is 0 Å². The molecule has 1 fully saturated rings. The molecule has 0 spiro atoms. The van der Waals surface area contributed by atoms with E-state index in [1.807, 2.05) is 30.0 Å². The van der Waals surface area contributed by atoms with Crippen LogP contribution in [0.15, 0.2) is 24.3 Å². The molecular formula is C11H14ClNS. The van der Waals surface area contributed by atoms with E-state index >= 15 is 0 Å². The molecule has 0 atom stereocenters. The van der Waals surface area contributed by atoms with Crippen molar-refractivity contribution in [2.24, 2.45) is 0 Å². The van der Waals surface area contributed by atoms with E-state index in [4.69, 9.17) is 11.6 Å². The van der Waals surface area contributed by atoms with E-state index < -0.39 is 0 Å². The molecule has 76 valence electrons. The molecule has 1 saturated carbocycles. The lowest BCUT2D eigenvalue weighted by molar-refractivity contribution is 0.949. The standard InChI is InChI=1S/C11H14ClNS/c1-14-11(5-6-11)8-13-10-4-2-3-9(12)7-10/h2-4,7,13H,5-6,8H2,1H3. The second kappa shape index (κ2) is 4.03. The summed E-state index contributed by atoms with van der Waals surface area (Å²) in [5, 5.41) is 4.23. The molecule has 0 saturated heterocycles. The minimum Gasteiger partial charge on any atom is -0.384 e. The Morgan fingerprint density at radius 2 is 2.29 bits per heavy atom. The van der Waals surface area contributed by atoms with Crippen molar-refractivity contribution in [2.45, 2.75) is 17.6 Å². The topological polar surface area (TPSA) is 12.0 Å². The Hall–Kier alpha value is -0.340. The summed E-state index contributed by atoms with van der Waals surface area (Å²) in [6.45, 7) is 1.05. The highest BCUT2D eigenvalue weighted by Crippen LogP contribution is 2.47. The first kappa shape index (κ1) is 10.2. The van der Waals surface area contributed by atoms with E-state index in [2.05, 4.69) is 17.6 Å². The van der Waals surface area contributed by atoms with Gasteiger partial charge in [-0.05, 0) is 37.3 Å². The summed E-state index contributed by atoms with van der Waals surface area (Å²) >= 11 is 7.87. The molecule has 0 radical (unpaired) electrons. The normalized spacial score (nSPS) is 17.9. The SMILES string of the molecule is CSC1(CNc2cccc(Cl)c2)CC1. The van der Waals surface area contributed by atoms with Crippen LogP contribution in [0.1, 0.15) is 12.8 Å². The zero-order chi connectivity index (χ0) is 10.0. The number of nitrogens with one attached hydrogen (secondary N) is 1. The number of anilines is 1. The quantitative estimate of drug-likeness (QED) is 0.843. The maximum atomic E-state index is 5.90. The molecule has 1 aliphatic carbocycles. The third-order valence-electron chi connectivity index (χ3n) is 2.68. The number of benzene rings is 1. The number of hydrogen-bond acceptors (Lipinski definition) is 2. The van der Waals surface area contributed by atoms with Crippen LogP contribution >= 0.6 is 23.4 Å². The van der Waals surface area contributed by atoms with Crippen LogP contribution in [0.25, 0.3) is 0 Å². The van der Waals surface area contributed by atoms with Crippen molar-refractivity contribution in [1.29, 1.82) is 0 Å². The molecule has 3 heteroatoms. The maximum Gasteiger partial charge on any atom is 0.0426 e. The van der Waals surface area contributed by atoms with Gasteiger partial charge < -0.3 is 5.32 Å². The summed E-state index contributed by atoms with van der Waals surface area (Å²) in [6.07, 6.45) is 4.86. The van der Waals surface area contributed by atoms with Gasteiger partial charge in [-0.1, -0.05) is 17.7 Å². The van der Waals surface area contributed by atoms with E-state index in [-0.39, 0.29) is 0 Å². The van der Waals surface area contributed by atoms with Crippen LogP contribution < -0.4 is 5.32 Å². The lowest BCUT2D eigenvalue weighted by atomic mass is 10.3. The van der Waals surface area contributed by atoms with Gasteiger partial charge in [0.2, 0.25) is 0 Å². The molecule has 2 rings (SSSR count). The second-order valence-electron chi connectivity index (χ2n) is 3.75. The highest BCUT2D eigenvalue weighted by atomic mass is 35.5. The molecule has 0 amide bonds. The fourth-order valence-corrected chi connectivity index (χ4v) is 2.37. The van der Waals surface area contributed by atoms with Gasteiger partial charge in [0, 0.05) is 22.0 Å². The zero-order valence-electron chi connectivity index (χ0n) is 8.22. The van der Waals surface area contributed by atoms with Gasteiger partial charge in [0.05, 0.1) is 0 Å². The first-order chi connectivity index (χ1) is 6.74. The highest BCUT2D eigenvalue weighted by Gasteiger charge is 2.41. The van der Waals surface area contributed by atoms with Crippen molar-refractivity contribution < 1.29 is 0 Å². The van der Waals surface area contributed by atoms with Crippen molar-refractivity contribution >= 4 is 29.1 Å².